The first-order valence-corrected chi connectivity index (χ1v) is 12.5. The van der Waals surface area contributed by atoms with E-state index < -0.39 is 19.3 Å². The fourth-order valence-corrected chi connectivity index (χ4v) is 8.16. The zero-order valence-corrected chi connectivity index (χ0v) is 19.7. The van der Waals surface area contributed by atoms with Gasteiger partial charge in [0, 0.05) is 5.88 Å². The minimum Gasteiger partial charge on any atom is -0.507 e. The molecule has 31 heavy (non-hydrogen) atoms. The third-order valence-electron chi connectivity index (χ3n) is 5.80. The average molecular weight is 455 g/mol. The lowest BCUT2D eigenvalue weighted by Gasteiger charge is -2.41. The summed E-state index contributed by atoms with van der Waals surface area (Å²) in [6.45, 7) is 4.09. The van der Waals surface area contributed by atoms with E-state index in [9.17, 15) is 14.7 Å². The molecule has 2 N–H and O–H groups in total. The number of benzene rings is 3. The van der Waals surface area contributed by atoms with Crippen molar-refractivity contribution in [2.24, 2.45) is 0 Å². The van der Waals surface area contributed by atoms with Crippen LogP contribution in [0.2, 0.25) is 5.04 Å². The highest BCUT2D eigenvalue weighted by Crippen LogP contribution is 2.40. The normalized spacial score (nSPS) is 11.9. The van der Waals surface area contributed by atoms with Gasteiger partial charge in [-0.3, -0.25) is 0 Å². The second-order valence-electron chi connectivity index (χ2n) is 8.28. The van der Waals surface area contributed by atoms with E-state index in [1.165, 1.54) is 7.11 Å². The number of carbonyl (C=O) groups is 1. The van der Waals surface area contributed by atoms with Gasteiger partial charge in [0.15, 0.2) is 0 Å². The standard InChI is InChI=1S/C25H27ClO4Si/c1-25(2,16-18-14-19(17-26)23(22(27)15-18)24(28)30-3)31(29,20-10-6-4-7-11-20)21-12-8-5-9-13-21/h4-15,27,29H,16-17H2,1-3H3. The lowest BCUT2D eigenvalue weighted by molar-refractivity contribution is 0.0596. The van der Waals surface area contributed by atoms with Gasteiger partial charge in [-0.15, -0.1) is 11.6 Å². The van der Waals surface area contributed by atoms with Crippen LogP contribution < -0.4 is 10.4 Å². The summed E-state index contributed by atoms with van der Waals surface area (Å²) < 4.78 is 4.78. The van der Waals surface area contributed by atoms with Crippen molar-refractivity contribution in [2.45, 2.75) is 31.2 Å². The summed E-state index contributed by atoms with van der Waals surface area (Å²) in [5.41, 5.74) is 1.38. The van der Waals surface area contributed by atoms with E-state index in [-0.39, 0.29) is 17.2 Å². The molecule has 6 heteroatoms. The van der Waals surface area contributed by atoms with Gasteiger partial charge in [-0.1, -0.05) is 80.6 Å². The molecular formula is C25H27ClO4Si. The average Bonchev–Trinajstić information content (AvgIpc) is 2.78. The van der Waals surface area contributed by atoms with E-state index in [1.807, 2.05) is 80.6 Å². The second-order valence-corrected chi connectivity index (χ2v) is 12.5. The first-order valence-electron chi connectivity index (χ1n) is 10.1. The molecule has 3 rings (SSSR count). The molecule has 4 nitrogen and oxygen atoms in total. The Morgan fingerprint density at radius 2 is 1.52 bits per heavy atom. The van der Waals surface area contributed by atoms with Crippen molar-refractivity contribution in [3.05, 3.63) is 89.5 Å². The number of phenols is 1. The summed E-state index contributed by atoms with van der Waals surface area (Å²) in [5.74, 6) is -0.732. The predicted molar refractivity (Wildman–Crippen MR) is 127 cm³/mol. The van der Waals surface area contributed by atoms with E-state index in [0.29, 0.717) is 12.0 Å². The minimum atomic E-state index is -3.21. The Labute approximate surface area is 189 Å². The summed E-state index contributed by atoms with van der Waals surface area (Å²) in [5, 5.41) is 11.8. The monoisotopic (exact) mass is 454 g/mol. The zero-order chi connectivity index (χ0) is 22.6. The smallest absolute Gasteiger partial charge is 0.341 e. The van der Waals surface area contributed by atoms with Crippen LogP contribution in [0.4, 0.5) is 0 Å². The lowest BCUT2D eigenvalue weighted by atomic mass is 9.97. The Kier molecular flexibility index (Phi) is 6.89. The number of rotatable bonds is 7. The number of methoxy groups -OCH3 is 1. The molecule has 0 aliphatic rings. The van der Waals surface area contributed by atoms with E-state index >= 15 is 0 Å². The summed E-state index contributed by atoms with van der Waals surface area (Å²) >= 11 is 6.07. The zero-order valence-electron chi connectivity index (χ0n) is 17.9. The van der Waals surface area contributed by atoms with Gasteiger partial charge in [-0.2, -0.15) is 0 Å². The van der Waals surface area contributed by atoms with Gasteiger partial charge < -0.3 is 14.6 Å². The maximum Gasteiger partial charge on any atom is 0.341 e. The van der Waals surface area contributed by atoms with Crippen LogP contribution in [0.5, 0.6) is 5.75 Å². The molecule has 0 spiro atoms. The van der Waals surface area contributed by atoms with Gasteiger partial charge in [0.2, 0.25) is 0 Å². The van der Waals surface area contributed by atoms with Crippen LogP contribution >= 0.6 is 11.6 Å². The third-order valence-corrected chi connectivity index (χ3v) is 10.6. The second kappa shape index (κ2) is 9.26. The van der Waals surface area contributed by atoms with E-state index in [2.05, 4.69) is 0 Å². The van der Waals surface area contributed by atoms with Crippen LogP contribution in [-0.4, -0.2) is 31.3 Å². The van der Waals surface area contributed by atoms with Gasteiger partial charge in [0.1, 0.15) is 11.3 Å². The molecule has 0 saturated carbocycles. The Balaban J connectivity index is 2.10. The van der Waals surface area contributed by atoms with Crippen molar-refractivity contribution >= 4 is 36.3 Å². The summed E-state index contributed by atoms with van der Waals surface area (Å²) in [6, 6.07) is 22.9. The molecule has 0 aliphatic heterocycles. The predicted octanol–water partition coefficient (Wildman–Crippen LogP) is 3.99. The first kappa shape index (κ1) is 23.1. The van der Waals surface area contributed by atoms with E-state index in [4.69, 9.17) is 16.3 Å². The summed E-state index contributed by atoms with van der Waals surface area (Å²) in [4.78, 5) is 24.4. The van der Waals surface area contributed by atoms with Crippen molar-refractivity contribution in [1.29, 1.82) is 0 Å². The van der Waals surface area contributed by atoms with Crippen molar-refractivity contribution < 1.29 is 19.4 Å². The number of hydrogen-bond donors (Lipinski definition) is 2. The van der Waals surface area contributed by atoms with Gasteiger partial charge in [-0.25, -0.2) is 4.79 Å². The maximum absolute atomic E-state index is 12.3. The number of carbonyl (C=O) groups excluding carboxylic acids is 1. The molecule has 0 atom stereocenters. The molecular weight excluding hydrogens is 428 g/mol. The highest BCUT2D eigenvalue weighted by Gasteiger charge is 2.49. The van der Waals surface area contributed by atoms with Crippen molar-refractivity contribution in [3.8, 4) is 5.75 Å². The number of alkyl halides is 1. The van der Waals surface area contributed by atoms with Crippen LogP contribution in [0.25, 0.3) is 0 Å². The molecule has 0 radical (unpaired) electrons. The Morgan fingerprint density at radius 1 is 1.00 bits per heavy atom. The molecule has 0 heterocycles. The summed E-state index contributed by atoms with van der Waals surface area (Å²) in [6.07, 6.45) is 0.485. The third kappa shape index (κ3) is 4.40. The van der Waals surface area contributed by atoms with Crippen LogP contribution in [0.3, 0.4) is 0 Å². The fraction of sp³-hybridized carbons (Fsp3) is 0.240. The Morgan fingerprint density at radius 3 is 1.97 bits per heavy atom. The van der Waals surface area contributed by atoms with E-state index in [1.54, 1.807) is 6.07 Å². The van der Waals surface area contributed by atoms with Crippen molar-refractivity contribution in [1.82, 2.24) is 0 Å². The summed E-state index contributed by atoms with van der Waals surface area (Å²) in [7, 11) is -1.94. The first-order chi connectivity index (χ1) is 14.7. The van der Waals surface area contributed by atoms with Gasteiger partial charge in [0.05, 0.1) is 7.11 Å². The lowest BCUT2D eigenvalue weighted by Crippen LogP contribution is -2.65. The molecule has 0 aliphatic carbocycles. The van der Waals surface area contributed by atoms with Crippen molar-refractivity contribution in [2.75, 3.05) is 7.11 Å². The van der Waals surface area contributed by atoms with Crippen LogP contribution in [0.1, 0.15) is 35.3 Å². The molecule has 0 bridgehead atoms. The highest BCUT2D eigenvalue weighted by molar-refractivity contribution is 6.98. The molecule has 0 aromatic heterocycles. The highest BCUT2D eigenvalue weighted by atomic mass is 35.5. The molecule has 0 fully saturated rings. The number of halogens is 1. The van der Waals surface area contributed by atoms with Crippen LogP contribution in [-0.2, 0) is 17.0 Å². The van der Waals surface area contributed by atoms with Crippen molar-refractivity contribution in [3.63, 3.8) is 0 Å². The fourth-order valence-electron chi connectivity index (χ4n) is 4.24. The van der Waals surface area contributed by atoms with E-state index in [0.717, 1.165) is 15.9 Å². The Bertz CT molecular complexity index is 1010. The molecule has 0 unspecified atom stereocenters. The molecule has 0 amide bonds. The molecule has 3 aromatic carbocycles. The van der Waals surface area contributed by atoms with Crippen LogP contribution in [0, 0.1) is 0 Å². The largest absolute Gasteiger partial charge is 0.507 e. The molecule has 3 aromatic rings. The minimum absolute atomic E-state index is 0.0608. The number of hydrogen-bond acceptors (Lipinski definition) is 4. The topological polar surface area (TPSA) is 66.8 Å². The maximum atomic E-state index is 12.3. The molecule has 162 valence electrons. The SMILES string of the molecule is COC(=O)c1c(O)cc(CC(C)(C)[Si](O)(c2ccccc2)c2ccccc2)cc1CCl. The number of ether oxygens (including phenoxy) is 1. The van der Waals surface area contributed by atoms with Gasteiger partial charge in [-0.05, 0) is 39.0 Å². The number of esters is 1. The van der Waals surface area contributed by atoms with Gasteiger partial charge in [0.25, 0.3) is 8.32 Å². The molecule has 0 saturated heterocycles. The van der Waals surface area contributed by atoms with Crippen LogP contribution in [0.15, 0.2) is 72.8 Å². The quantitative estimate of drug-likeness (QED) is 0.322. The Hall–Kier alpha value is -2.60. The van der Waals surface area contributed by atoms with Gasteiger partial charge >= 0.3 is 5.97 Å². The number of aromatic hydroxyl groups is 1. The number of phenolic OH excluding ortho intramolecular Hbond substituents is 1.